The van der Waals surface area contributed by atoms with E-state index < -0.39 is 23.6 Å². The Morgan fingerprint density at radius 1 is 0.976 bits per heavy atom. The largest absolute Gasteiger partial charge is 0.497 e. The molecule has 2 aromatic heterocycles. The Morgan fingerprint density at radius 2 is 1.66 bits per heavy atom. The van der Waals surface area contributed by atoms with Gasteiger partial charge in [-0.25, -0.2) is 10.4 Å². The van der Waals surface area contributed by atoms with Gasteiger partial charge in [0.1, 0.15) is 11.1 Å². The van der Waals surface area contributed by atoms with Gasteiger partial charge in [-0.15, -0.1) is 11.8 Å². The lowest BCUT2D eigenvalue weighted by atomic mass is 10.2. The van der Waals surface area contributed by atoms with Crippen molar-refractivity contribution in [2.75, 3.05) is 19.4 Å². The summed E-state index contributed by atoms with van der Waals surface area (Å²) in [4.78, 5) is 59.2. The molecule has 1 saturated heterocycles. The molecule has 5 aromatic rings. The quantitative estimate of drug-likeness (QED) is 0.137. The molecule has 11 nitrogen and oxygen atoms in total. The number of carbonyl (C=O) groups excluding carboxylic acids is 2. The number of nitrogens with zero attached hydrogens (tertiary/aromatic N) is 4. The molecule has 1 unspecified atom stereocenters. The summed E-state index contributed by atoms with van der Waals surface area (Å²) in [5.41, 5.74) is 5.72. The molecule has 1 atom stereocenters. The van der Waals surface area contributed by atoms with Gasteiger partial charge in [-0.2, -0.15) is 9.20 Å². The molecule has 206 valence electrons. The highest BCUT2D eigenvalue weighted by Crippen LogP contribution is 2.39. The second-order valence-corrected chi connectivity index (χ2v) is 10.6. The summed E-state index contributed by atoms with van der Waals surface area (Å²) in [6.45, 7) is -0.421. The Morgan fingerprint density at radius 3 is 2.39 bits per heavy atom. The number of carbonyl (C=O) groups is 2. The number of nitrogens with one attached hydrogen (secondary N) is 2. The Bertz CT molecular complexity index is 1990. The Balaban J connectivity index is 1.29. The van der Waals surface area contributed by atoms with E-state index in [1.54, 1.807) is 67.8 Å². The van der Waals surface area contributed by atoms with E-state index in [9.17, 15) is 19.2 Å². The average Bonchev–Trinajstić information content (AvgIpc) is 3.39. The number of thiocarbonyl (C=S) groups is 1. The summed E-state index contributed by atoms with van der Waals surface area (Å²) in [6, 6.07) is 20.7. The number of hydrogen-bond acceptors (Lipinski definition) is 9. The SMILES string of the molecule is COc1ccc(C2SCC(=O)N2C(=S)NNCC(=O)n2c(=O)c3ccccc3c3nc4ccccc4c(=O)n32)cc1. The minimum atomic E-state index is -0.728. The minimum absolute atomic E-state index is 0.0640. The van der Waals surface area contributed by atoms with Crippen molar-refractivity contribution in [2.24, 2.45) is 0 Å². The van der Waals surface area contributed by atoms with Crippen LogP contribution in [-0.2, 0) is 4.79 Å². The first-order valence-corrected chi connectivity index (χ1v) is 13.9. The third kappa shape index (κ3) is 4.63. The third-order valence-electron chi connectivity index (χ3n) is 6.70. The molecule has 0 bridgehead atoms. The first-order valence-electron chi connectivity index (χ1n) is 12.5. The fourth-order valence-corrected chi connectivity index (χ4v) is 6.27. The summed E-state index contributed by atoms with van der Waals surface area (Å²) >= 11 is 6.89. The molecule has 2 N–H and O–H groups in total. The van der Waals surface area contributed by atoms with E-state index >= 15 is 0 Å². The molecule has 1 aliphatic rings. The zero-order chi connectivity index (χ0) is 28.7. The fourth-order valence-electron chi connectivity index (χ4n) is 4.77. The van der Waals surface area contributed by atoms with Gasteiger partial charge < -0.3 is 4.74 Å². The topological polar surface area (TPSA) is 127 Å². The first-order chi connectivity index (χ1) is 19.9. The second-order valence-electron chi connectivity index (χ2n) is 9.11. The number of hydrogen-bond donors (Lipinski definition) is 2. The van der Waals surface area contributed by atoms with Crippen LogP contribution in [0.15, 0.2) is 82.4 Å². The van der Waals surface area contributed by atoms with Crippen molar-refractivity contribution in [1.82, 2.24) is 29.9 Å². The number of amides is 1. The molecule has 1 aliphatic heterocycles. The van der Waals surface area contributed by atoms with Gasteiger partial charge in [0.05, 0.1) is 35.7 Å². The van der Waals surface area contributed by atoms with Gasteiger partial charge >= 0.3 is 0 Å². The number of rotatable bonds is 5. The third-order valence-corrected chi connectivity index (χ3v) is 8.21. The molecule has 0 radical (unpaired) electrons. The lowest BCUT2D eigenvalue weighted by Gasteiger charge is -2.25. The van der Waals surface area contributed by atoms with Crippen molar-refractivity contribution in [3.8, 4) is 5.75 Å². The van der Waals surface area contributed by atoms with E-state index in [1.165, 1.54) is 16.7 Å². The van der Waals surface area contributed by atoms with E-state index in [0.717, 1.165) is 14.8 Å². The molecule has 3 aromatic carbocycles. The van der Waals surface area contributed by atoms with E-state index in [1.807, 2.05) is 12.1 Å². The molecule has 0 aliphatic carbocycles. The van der Waals surface area contributed by atoms with Crippen LogP contribution in [0, 0.1) is 0 Å². The zero-order valence-corrected chi connectivity index (χ0v) is 23.2. The Kier molecular flexibility index (Phi) is 6.99. The van der Waals surface area contributed by atoms with Crippen molar-refractivity contribution >= 4 is 68.2 Å². The number of para-hydroxylation sites is 1. The summed E-state index contributed by atoms with van der Waals surface area (Å²) in [6.07, 6.45) is 0. The van der Waals surface area contributed by atoms with Crippen LogP contribution in [0.2, 0.25) is 0 Å². The first kappa shape index (κ1) is 26.6. The molecule has 41 heavy (non-hydrogen) atoms. The van der Waals surface area contributed by atoms with Crippen LogP contribution >= 0.6 is 24.0 Å². The number of fused-ring (bicyclic) bond motifs is 4. The number of ether oxygens (including phenoxy) is 1. The van der Waals surface area contributed by atoms with Gasteiger partial charge in [0.15, 0.2) is 10.8 Å². The lowest BCUT2D eigenvalue weighted by Crippen LogP contribution is -2.51. The molecule has 1 fully saturated rings. The van der Waals surface area contributed by atoms with Gasteiger partial charge in [-0.3, -0.25) is 29.5 Å². The summed E-state index contributed by atoms with van der Waals surface area (Å²) in [5, 5.41) is 0.660. The van der Waals surface area contributed by atoms with E-state index in [2.05, 4.69) is 15.8 Å². The van der Waals surface area contributed by atoms with E-state index in [4.69, 9.17) is 17.0 Å². The van der Waals surface area contributed by atoms with Gasteiger partial charge in [0.25, 0.3) is 17.0 Å². The number of aromatic nitrogens is 3. The van der Waals surface area contributed by atoms with Crippen LogP contribution in [0.5, 0.6) is 5.75 Å². The summed E-state index contributed by atoms with van der Waals surface area (Å²) < 4.78 is 7.01. The molecule has 13 heteroatoms. The van der Waals surface area contributed by atoms with Gasteiger partial charge in [0, 0.05) is 5.39 Å². The van der Waals surface area contributed by atoms with Crippen LogP contribution in [0.3, 0.4) is 0 Å². The standard InChI is InChI=1S/C28H22N6O5S2/c1-39-17-12-10-16(11-13-17)27-32(23(36)15-41-27)28(40)31-29-14-22(35)33-25(37)19-7-3-2-6-18(19)24-30-21-9-5-4-8-20(21)26(38)34(24)33/h2-13,27,29H,14-15H2,1H3,(H,31,40). The van der Waals surface area contributed by atoms with Crippen molar-refractivity contribution < 1.29 is 14.3 Å². The Labute approximate surface area is 241 Å². The maximum Gasteiger partial charge on any atom is 0.281 e. The maximum absolute atomic E-state index is 13.5. The molecule has 6 rings (SSSR count). The predicted octanol–water partition coefficient (Wildman–Crippen LogP) is 2.46. The molecular formula is C28H22N6O5S2. The molecule has 3 heterocycles. The summed E-state index contributed by atoms with van der Waals surface area (Å²) in [5.74, 6) is 0.00537. The highest BCUT2D eigenvalue weighted by molar-refractivity contribution is 8.00. The predicted molar refractivity (Wildman–Crippen MR) is 160 cm³/mol. The zero-order valence-electron chi connectivity index (χ0n) is 21.6. The van der Waals surface area contributed by atoms with Crippen LogP contribution in [0.4, 0.5) is 0 Å². The highest BCUT2D eigenvalue weighted by atomic mass is 32.2. The molecule has 1 amide bonds. The van der Waals surface area contributed by atoms with Crippen LogP contribution in [0.1, 0.15) is 15.7 Å². The van der Waals surface area contributed by atoms with Gasteiger partial charge in [-0.05, 0) is 48.1 Å². The number of hydrazine groups is 1. The maximum atomic E-state index is 13.5. The van der Waals surface area contributed by atoms with Crippen LogP contribution in [0.25, 0.3) is 27.3 Å². The smallest absolute Gasteiger partial charge is 0.281 e. The van der Waals surface area contributed by atoms with Crippen LogP contribution in [-0.4, -0.2) is 55.4 Å². The number of methoxy groups -OCH3 is 1. The minimum Gasteiger partial charge on any atom is -0.497 e. The van der Waals surface area contributed by atoms with Crippen molar-refractivity contribution in [1.29, 1.82) is 0 Å². The lowest BCUT2D eigenvalue weighted by molar-refractivity contribution is -0.124. The highest BCUT2D eigenvalue weighted by Gasteiger charge is 2.35. The van der Waals surface area contributed by atoms with Crippen LogP contribution < -0.4 is 26.7 Å². The van der Waals surface area contributed by atoms with Crippen molar-refractivity contribution in [2.45, 2.75) is 5.37 Å². The monoisotopic (exact) mass is 586 g/mol. The van der Waals surface area contributed by atoms with Crippen molar-refractivity contribution in [3.05, 3.63) is 99.1 Å². The Hall–Kier alpha value is -4.59. The number of benzene rings is 3. The normalized spacial score (nSPS) is 15.1. The van der Waals surface area contributed by atoms with E-state index in [0.29, 0.717) is 16.7 Å². The molecule has 0 saturated carbocycles. The fraction of sp³-hybridized carbons (Fsp3) is 0.143. The molecule has 0 spiro atoms. The number of thioether (sulfide) groups is 1. The van der Waals surface area contributed by atoms with Gasteiger partial charge in [0.2, 0.25) is 5.91 Å². The summed E-state index contributed by atoms with van der Waals surface area (Å²) in [7, 11) is 1.57. The molecular weight excluding hydrogens is 564 g/mol. The second kappa shape index (κ2) is 10.8. The van der Waals surface area contributed by atoms with Gasteiger partial charge in [-0.1, -0.05) is 42.5 Å². The average molecular weight is 587 g/mol. The van der Waals surface area contributed by atoms with E-state index in [-0.39, 0.29) is 38.6 Å². The van der Waals surface area contributed by atoms with Crippen molar-refractivity contribution in [3.63, 3.8) is 0 Å².